The Labute approximate surface area is 144 Å². The number of hydrogen-bond acceptors (Lipinski definition) is 5. The van der Waals surface area contributed by atoms with Crippen LogP contribution in [0, 0.1) is 0 Å². The number of piperidine rings is 1. The molecule has 3 saturated heterocycles. The molecule has 0 bridgehead atoms. The Morgan fingerprint density at radius 1 is 0.625 bits per heavy atom. The number of likely N-dealkylation sites (tertiary alicyclic amines) is 1. The number of rotatable bonds is 4. The summed E-state index contributed by atoms with van der Waals surface area (Å²) in [5, 5.41) is 0. The van der Waals surface area contributed by atoms with Gasteiger partial charge in [-0.2, -0.15) is 0 Å². The minimum absolute atomic E-state index is 0.207. The van der Waals surface area contributed by atoms with E-state index in [9.17, 15) is 9.59 Å². The molecular formula is C17H30N4O3. The topological polar surface area (TPSA) is 56.3 Å². The summed E-state index contributed by atoms with van der Waals surface area (Å²) in [6, 6.07) is 0. The van der Waals surface area contributed by atoms with Crippen LogP contribution in [-0.2, 0) is 14.3 Å². The molecule has 3 fully saturated rings. The number of carbonyl (C=O) groups is 2. The van der Waals surface area contributed by atoms with E-state index >= 15 is 0 Å². The second-order valence-corrected chi connectivity index (χ2v) is 6.99. The SMILES string of the molecule is O=C(CN1CCN(C(=O)CN2CCOCC2)CC1)N1CCCCC1. The maximum Gasteiger partial charge on any atom is 0.236 e. The zero-order chi connectivity index (χ0) is 16.8. The van der Waals surface area contributed by atoms with Crippen molar-refractivity contribution in [2.75, 3.05) is 78.7 Å². The minimum Gasteiger partial charge on any atom is -0.379 e. The molecule has 0 N–H and O–H groups in total. The Kier molecular flexibility index (Phi) is 6.45. The second-order valence-electron chi connectivity index (χ2n) is 6.99. The Morgan fingerprint density at radius 3 is 1.71 bits per heavy atom. The first-order chi connectivity index (χ1) is 11.7. The highest BCUT2D eigenvalue weighted by molar-refractivity contribution is 5.79. The average Bonchev–Trinajstić information content (AvgIpc) is 2.64. The van der Waals surface area contributed by atoms with Crippen molar-refractivity contribution in [2.24, 2.45) is 0 Å². The molecule has 3 aliphatic rings. The maximum absolute atomic E-state index is 12.4. The number of nitrogens with zero attached hydrogens (tertiary/aromatic N) is 4. The summed E-state index contributed by atoms with van der Waals surface area (Å²) >= 11 is 0. The highest BCUT2D eigenvalue weighted by Crippen LogP contribution is 2.10. The Hall–Kier alpha value is -1.18. The molecule has 0 unspecified atom stereocenters. The summed E-state index contributed by atoms with van der Waals surface area (Å²) in [4.78, 5) is 33.0. The molecule has 0 radical (unpaired) electrons. The smallest absolute Gasteiger partial charge is 0.236 e. The third-order valence-corrected chi connectivity index (χ3v) is 5.26. The van der Waals surface area contributed by atoms with Gasteiger partial charge in [-0.1, -0.05) is 0 Å². The quantitative estimate of drug-likeness (QED) is 0.690. The van der Waals surface area contributed by atoms with E-state index in [2.05, 4.69) is 9.80 Å². The van der Waals surface area contributed by atoms with Gasteiger partial charge in [0.25, 0.3) is 0 Å². The molecule has 0 aliphatic carbocycles. The third kappa shape index (κ3) is 4.91. The van der Waals surface area contributed by atoms with Crippen LogP contribution in [0.1, 0.15) is 19.3 Å². The number of carbonyl (C=O) groups excluding carboxylic acids is 2. The van der Waals surface area contributed by atoms with Gasteiger partial charge >= 0.3 is 0 Å². The molecule has 136 valence electrons. The van der Waals surface area contributed by atoms with Gasteiger partial charge in [-0.15, -0.1) is 0 Å². The lowest BCUT2D eigenvalue weighted by molar-refractivity contribution is -0.136. The number of morpholine rings is 1. The van der Waals surface area contributed by atoms with Crippen LogP contribution >= 0.6 is 0 Å². The highest BCUT2D eigenvalue weighted by Gasteiger charge is 2.26. The summed E-state index contributed by atoms with van der Waals surface area (Å²) in [6.07, 6.45) is 3.51. The van der Waals surface area contributed by atoms with Gasteiger partial charge in [0, 0.05) is 52.4 Å². The van der Waals surface area contributed by atoms with Crippen LogP contribution in [0.2, 0.25) is 0 Å². The van der Waals surface area contributed by atoms with Crippen LogP contribution in [-0.4, -0.2) is 110 Å². The summed E-state index contributed by atoms with van der Waals surface area (Å²) < 4.78 is 5.32. The molecule has 0 aromatic rings. The predicted octanol–water partition coefficient (Wildman–Crippen LogP) is -0.525. The van der Waals surface area contributed by atoms with Gasteiger partial charge in [-0.05, 0) is 19.3 Å². The van der Waals surface area contributed by atoms with Gasteiger partial charge in [0.05, 0.1) is 26.3 Å². The number of ether oxygens (including phenoxy) is 1. The van der Waals surface area contributed by atoms with E-state index in [1.54, 1.807) is 0 Å². The second kappa shape index (κ2) is 8.78. The molecule has 24 heavy (non-hydrogen) atoms. The molecule has 7 heteroatoms. The molecule has 0 spiro atoms. The van der Waals surface area contributed by atoms with Crippen molar-refractivity contribution >= 4 is 11.8 Å². The van der Waals surface area contributed by atoms with Crippen LogP contribution < -0.4 is 0 Å². The maximum atomic E-state index is 12.4. The molecule has 2 amide bonds. The lowest BCUT2D eigenvalue weighted by atomic mass is 10.1. The standard InChI is InChI=1S/C17H30N4O3/c22-16(20-4-2-1-3-5-20)14-18-6-8-21(9-7-18)17(23)15-19-10-12-24-13-11-19/h1-15H2. The predicted molar refractivity (Wildman–Crippen MR) is 90.7 cm³/mol. The molecule has 0 atom stereocenters. The van der Waals surface area contributed by atoms with E-state index in [4.69, 9.17) is 4.74 Å². The van der Waals surface area contributed by atoms with E-state index in [-0.39, 0.29) is 11.8 Å². The summed E-state index contributed by atoms with van der Waals surface area (Å²) in [5.41, 5.74) is 0. The molecule has 7 nitrogen and oxygen atoms in total. The molecule has 0 saturated carbocycles. The number of amides is 2. The van der Waals surface area contributed by atoms with Crippen molar-refractivity contribution in [3.63, 3.8) is 0 Å². The Bertz CT molecular complexity index is 426. The molecule has 3 heterocycles. The van der Waals surface area contributed by atoms with Crippen LogP contribution in [0.5, 0.6) is 0 Å². The first kappa shape index (κ1) is 17.6. The van der Waals surface area contributed by atoms with Crippen LogP contribution in [0.25, 0.3) is 0 Å². The molecular weight excluding hydrogens is 308 g/mol. The van der Waals surface area contributed by atoms with Crippen molar-refractivity contribution in [1.82, 2.24) is 19.6 Å². The van der Waals surface area contributed by atoms with Crippen LogP contribution in [0.4, 0.5) is 0 Å². The normalized spacial score (nSPS) is 24.2. The number of hydrogen-bond donors (Lipinski definition) is 0. The van der Waals surface area contributed by atoms with E-state index in [0.717, 1.165) is 78.4 Å². The summed E-state index contributed by atoms with van der Waals surface area (Å²) in [7, 11) is 0. The van der Waals surface area contributed by atoms with E-state index in [1.165, 1.54) is 6.42 Å². The van der Waals surface area contributed by atoms with E-state index in [1.807, 2.05) is 9.80 Å². The molecule has 3 rings (SSSR count). The lowest BCUT2D eigenvalue weighted by Crippen LogP contribution is -2.54. The van der Waals surface area contributed by atoms with Gasteiger partial charge in [-0.25, -0.2) is 0 Å². The fourth-order valence-corrected chi connectivity index (χ4v) is 3.64. The van der Waals surface area contributed by atoms with Gasteiger partial charge in [0.1, 0.15) is 0 Å². The van der Waals surface area contributed by atoms with Gasteiger partial charge in [0.2, 0.25) is 11.8 Å². The first-order valence-corrected chi connectivity index (χ1v) is 9.30. The van der Waals surface area contributed by atoms with Gasteiger partial charge in [0.15, 0.2) is 0 Å². The third-order valence-electron chi connectivity index (χ3n) is 5.26. The van der Waals surface area contributed by atoms with Crippen molar-refractivity contribution < 1.29 is 14.3 Å². The largest absolute Gasteiger partial charge is 0.379 e. The van der Waals surface area contributed by atoms with Crippen molar-refractivity contribution in [3.05, 3.63) is 0 Å². The van der Waals surface area contributed by atoms with Gasteiger partial charge < -0.3 is 14.5 Å². The summed E-state index contributed by atoms with van der Waals surface area (Å²) in [5.74, 6) is 0.460. The monoisotopic (exact) mass is 338 g/mol. The van der Waals surface area contributed by atoms with Crippen molar-refractivity contribution in [3.8, 4) is 0 Å². The lowest BCUT2D eigenvalue weighted by Gasteiger charge is -2.37. The Morgan fingerprint density at radius 2 is 1.12 bits per heavy atom. The average molecular weight is 338 g/mol. The van der Waals surface area contributed by atoms with E-state index in [0.29, 0.717) is 13.1 Å². The molecule has 0 aromatic carbocycles. The molecule has 3 aliphatic heterocycles. The zero-order valence-electron chi connectivity index (χ0n) is 14.6. The van der Waals surface area contributed by atoms with Crippen LogP contribution in [0.15, 0.2) is 0 Å². The Balaban J connectivity index is 1.37. The van der Waals surface area contributed by atoms with Crippen molar-refractivity contribution in [2.45, 2.75) is 19.3 Å². The van der Waals surface area contributed by atoms with E-state index < -0.39 is 0 Å². The van der Waals surface area contributed by atoms with Crippen LogP contribution in [0.3, 0.4) is 0 Å². The minimum atomic E-state index is 0.207. The molecule has 0 aromatic heterocycles. The zero-order valence-corrected chi connectivity index (χ0v) is 14.6. The van der Waals surface area contributed by atoms with Crippen molar-refractivity contribution in [1.29, 1.82) is 0 Å². The fraction of sp³-hybridized carbons (Fsp3) is 0.882. The fourth-order valence-electron chi connectivity index (χ4n) is 3.64. The summed E-state index contributed by atoms with van der Waals surface area (Å²) in [6.45, 7) is 9.02. The highest BCUT2D eigenvalue weighted by atomic mass is 16.5. The first-order valence-electron chi connectivity index (χ1n) is 9.30. The number of piperazine rings is 1. The van der Waals surface area contributed by atoms with Gasteiger partial charge in [-0.3, -0.25) is 19.4 Å².